The number of hydrogen-bond acceptors (Lipinski definition) is 1. The maximum atomic E-state index is 13.7. The van der Waals surface area contributed by atoms with Crippen LogP contribution in [-0.4, -0.2) is 6.26 Å². The molecule has 0 radical (unpaired) electrons. The smallest absolute Gasteiger partial charge is 0.129 e. The molecule has 0 amide bonds. The minimum Gasteiger partial charge on any atom is -0.206 e. The SMILES string of the molecule is CSc1ccc(C(Br)c2cc(C)c(F)c(C)c2)cc1. The third kappa shape index (κ3) is 3.21. The lowest BCUT2D eigenvalue weighted by Gasteiger charge is -2.14. The molecule has 0 aromatic heterocycles. The van der Waals surface area contributed by atoms with Gasteiger partial charge in [0, 0.05) is 4.90 Å². The third-order valence-corrected chi connectivity index (χ3v) is 4.96. The molecule has 0 nitrogen and oxygen atoms in total. The van der Waals surface area contributed by atoms with Gasteiger partial charge >= 0.3 is 0 Å². The molecule has 19 heavy (non-hydrogen) atoms. The summed E-state index contributed by atoms with van der Waals surface area (Å²) in [6.45, 7) is 3.62. The van der Waals surface area contributed by atoms with Crippen LogP contribution in [0.1, 0.15) is 27.1 Å². The largest absolute Gasteiger partial charge is 0.206 e. The molecule has 3 heteroatoms. The Morgan fingerprint density at radius 3 is 2.00 bits per heavy atom. The Balaban J connectivity index is 2.35. The van der Waals surface area contributed by atoms with Crippen LogP contribution in [0.3, 0.4) is 0 Å². The Bertz CT molecular complexity index is 555. The van der Waals surface area contributed by atoms with Crippen LogP contribution in [0.25, 0.3) is 0 Å². The zero-order valence-corrected chi connectivity index (χ0v) is 13.6. The molecule has 0 saturated carbocycles. The van der Waals surface area contributed by atoms with Gasteiger partial charge in [0.25, 0.3) is 0 Å². The van der Waals surface area contributed by atoms with Gasteiger partial charge in [0.15, 0.2) is 0 Å². The fourth-order valence-corrected chi connectivity index (χ4v) is 3.07. The number of hydrogen-bond donors (Lipinski definition) is 0. The minimum absolute atomic E-state index is 0.0985. The van der Waals surface area contributed by atoms with Crippen molar-refractivity contribution in [1.82, 2.24) is 0 Å². The van der Waals surface area contributed by atoms with Crippen LogP contribution in [0, 0.1) is 19.7 Å². The van der Waals surface area contributed by atoms with Crippen molar-refractivity contribution in [3.63, 3.8) is 0 Å². The lowest BCUT2D eigenvalue weighted by molar-refractivity contribution is 0.608. The van der Waals surface area contributed by atoms with E-state index >= 15 is 0 Å². The Hall–Kier alpha value is -0.800. The van der Waals surface area contributed by atoms with E-state index in [9.17, 15) is 4.39 Å². The number of halogens is 2. The summed E-state index contributed by atoms with van der Waals surface area (Å²) in [5.74, 6) is -0.110. The first-order valence-electron chi connectivity index (χ1n) is 6.07. The monoisotopic (exact) mass is 338 g/mol. The molecule has 100 valence electrons. The molecule has 2 aromatic rings. The third-order valence-electron chi connectivity index (χ3n) is 3.16. The molecule has 0 fully saturated rings. The standard InChI is InChI=1S/C16H16BrFS/c1-10-8-13(9-11(2)16(10)18)15(17)12-4-6-14(19-3)7-5-12/h4-9,15H,1-3H3. The quantitative estimate of drug-likeness (QED) is 0.514. The number of benzene rings is 2. The zero-order chi connectivity index (χ0) is 14.0. The van der Waals surface area contributed by atoms with Crippen molar-refractivity contribution in [2.75, 3.05) is 6.26 Å². The molecule has 2 aromatic carbocycles. The van der Waals surface area contributed by atoms with Gasteiger partial charge in [-0.15, -0.1) is 11.8 Å². The minimum atomic E-state index is -0.110. The van der Waals surface area contributed by atoms with Crippen molar-refractivity contribution in [1.29, 1.82) is 0 Å². The van der Waals surface area contributed by atoms with Crippen LogP contribution >= 0.6 is 27.7 Å². The summed E-state index contributed by atoms with van der Waals surface area (Å²) in [6, 6.07) is 12.3. The molecule has 0 saturated heterocycles. The molecule has 0 N–H and O–H groups in total. The predicted octanol–water partition coefficient (Wildman–Crippen LogP) is 5.65. The van der Waals surface area contributed by atoms with E-state index in [2.05, 4.69) is 46.5 Å². The van der Waals surface area contributed by atoms with Gasteiger partial charge in [-0.05, 0) is 54.5 Å². The number of rotatable bonds is 3. The van der Waals surface area contributed by atoms with E-state index in [4.69, 9.17) is 0 Å². The van der Waals surface area contributed by atoms with Crippen molar-refractivity contribution in [2.24, 2.45) is 0 Å². The van der Waals surface area contributed by atoms with Crippen LogP contribution in [-0.2, 0) is 0 Å². The number of aryl methyl sites for hydroxylation is 2. The van der Waals surface area contributed by atoms with E-state index in [1.54, 1.807) is 11.8 Å². The van der Waals surface area contributed by atoms with Gasteiger partial charge in [0.05, 0.1) is 4.83 Å². The van der Waals surface area contributed by atoms with Crippen molar-refractivity contribution in [3.05, 3.63) is 64.5 Å². The molecule has 1 unspecified atom stereocenters. The van der Waals surface area contributed by atoms with E-state index in [0.717, 1.165) is 5.56 Å². The van der Waals surface area contributed by atoms with Crippen molar-refractivity contribution < 1.29 is 4.39 Å². The summed E-state index contributed by atoms with van der Waals surface area (Å²) in [5.41, 5.74) is 3.66. The highest BCUT2D eigenvalue weighted by molar-refractivity contribution is 9.09. The normalized spacial score (nSPS) is 12.5. The Morgan fingerprint density at radius 1 is 1.00 bits per heavy atom. The maximum Gasteiger partial charge on any atom is 0.129 e. The van der Waals surface area contributed by atoms with Crippen molar-refractivity contribution in [2.45, 2.75) is 23.6 Å². The first kappa shape index (κ1) is 14.6. The molecule has 0 aliphatic rings. The Morgan fingerprint density at radius 2 is 1.53 bits per heavy atom. The van der Waals surface area contributed by atoms with Gasteiger partial charge in [-0.3, -0.25) is 0 Å². The summed E-state index contributed by atoms with van der Waals surface area (Å²) in [6.07, 6.45) is 2.06. The van der Waals surface area contributed by atoms with E-state index in [1.807, 2.05) is 26.0 Å². The van der Waals surface area contributed by atoms with Gasteiger partial charge in [-0.1, -0.05) is 40.2 Å². The molecule has 0 heterocycles. The summed E-state index contributed by atoms with van der Waals surface area (Å²) >= 11 is 5.43. The second kappa shape index (κ2) is 6.10. The average molecular weight is 339 g/mol. The molecule has 0 bridgehead atoms. The highest BCUT2D eigenvalue weighted by atomic mass is 79.9. The van der Waals surface area contributed by atoms with E-state index in [0.29, 0.717) is 11.1 Å². The van der Waals surface area contributed by atoms with Gasteiger partial charge in [0.1, 0.15) is 5.82 Å². The molecule has 0 aliphatic carbocycles. The van der Waals surface area contributed by atoms with Crippen molar-refractivity contribution in [3.8, 4) is 0 Å². The second-order valence-corrected chi connectivity index (χ2v) is 6.40. The molecule has 2 rings (SSSR count). The lowest BCUT2D eigenvalue weighted by Crippen LogP contribution is -1.97. The highest BCUT2D eigenvalue weighted by Crippen LogP contribution is 2.33. The van der Waals surface area contributed by atoms with Gasteiger partial charge in [-0.2, -0.15) is 0 Å². The first-order valence-corrected chi connectivity index (χ1v) is 8.21. The topological polar surface area (TPSA) is 0 Å². The zero-order valence-electron chi connectivity index (χ0n) is 11.2. The van der Waals surface area contributed by atoms with E-state index in [-0.39, 0.29) is 10.6 Å². The molecule has 0 aliphatic heterocycles. The highest BCUT2D eigenvalue weighted by Gasteiger charge is 2.13. The molecular formula is C16H16BrFS. The number of alkyl halides is 1. The average Bonchev–Trinajstić information content (AvgIpc) is 2.43. The number of thioether (sulfide) groups is 1. The van der Waals surface area contributed by atoms with Crippen LogP contribution in [0.15, 0.2) is 41.3 Å². The van der Waals surface area contributed by atoms with Crippen LogP contribution in [0.5, 0.6) is 0 Å². The predicted molar refractivity (Wildman–Crippen MR) is 84.9 cm³/mol. The van der Waals surface area contributed by atoms with Crippen LogP contribution in [0.2, 0.25) is 0 Å². The lowest BCUT2D eigenvalue weighted by atomic mass is 10.00. The maximum absolute atomic E-state index is 13.7. The van der Waals surface area contributed by atoms with Crippen LogP contribution < -0.4 is 0 Å². The summed E-state index contributed by atoms with van der Waals surface area (Å²) in [7, 11) is 0. The summed E-state index contributed by atoms with van der Waals surface area (Å²) in [4.78, 5) is 1.34. The molecular weight excluding hydrogens is 323 g/mol. The van der Waals surface area contributed by atoms with Gasteiger partial charge in [0.2, 0.25) is 0 Å². The van der Waals surface area contributed by atoms with Gasteiger partial charge < -0.3 is 0 Å². The van der Waals surface area contributed by atoms with Crippen LogP contribution in [0.4, 0.5) is 4.39 Å². The molecule has 1 atom stereocenters. The summed E-state index contributed by atoms with van der Waals surface area (Å²) < 4.78 is 13.7. The van der Waals surface area contributed by atoms with Gasteiger partial charge in [-0.25, -0.2) is 4.39 Å². The fraction of sp³-hybridized carbons (Fsp3) is 0.250. The van der Waals surface area contributed by atoms with E-state index in [1.165, 1.54) is 10.5 Å². The first-order chi connectivity index (χ1) is 9.02. The van der Waals surface area contributed by atoms with Crippen molar-refractivity contribution >= 4 is 27.7 Å². The Kier molecular flexibility index (Phi) is 4.69. The summed E-state index contributed by atoms with van der Waals surface area (Å²) in [5, 5.41) is 0. The second-order valence-electron chi connectivity index (χ2n) is 4.60. The van der Waals surface area contributed by atoms with E-state index < -0.39 is 0 Å². The Labute approximate surface area is 126 Å². The molecule has 0 spiro atoms. The fourth-order valence-electron chi connectivity index (χ4n) is 2.09.